The minimum atomic E-state index is -2.75. The summed E-state index contributed by atoms with van der Waals surface area (Å²) in [6, 6.07) is 31.7. The lowest BCUT2D eigenvalue weighted by molar-refractivity contribution is -0.157. The first kappa shape index (κ1) is 22.3. The maximum Gasteiger partial charge on any atom is 0.287 e. The zero-order valence-electron chi connectivity index (χ0n) is 19.4. The molecule has 1 saturated carbocycles. The Balaban J connectivity index is 1.52. The number of fused-ring (bicyclic) bond motifs is 1. The first-order valence-electron chi connectivity index (χ1n) is 11.8. The second-order valence-corrected chi connectivity index (χ2v) is 13.5. The summed E-state index contributed by atoms with van der Waals surface area (Å²) >= 11 is 0. The van der Waals surface area contributed by atoms with E-state index >= 15 is 0 Å². The fourth-order valence-electron chi connectivity index (χ4n) is 5.57. The van der Waals surface area contributed by atoms with Gasteiger partial charge in [-0.25, -0.2) is 0 Å². The largest absolute Gasteiger partial charge is 0.399 e. The molecule has 5 rings (SSSR count). The highest BCUT2D eigenvalue weighted by atomic mass is 28.4. The van der Waals surface area contributed by atoms with E-state index in [9.17, 15) is 0 Å². The predicted molar refractivity (Wildman–Crippen MR) is 135 cm³/mol. The summed E-state index contributed by atoms with van der Waals surface area (Å²) in [5, 5.41) is 1.98. The third kappa shape index (κ3) is 3.91. The van der Waals surface area contributed by atoms with Crippen molar-refractivity contribution in [3.05, 3.63) is 109 Å². The summed E-state index contributed by atoms with van der Waals surface area (Å²) in [4.78, 5) is 0. The number of rotatable bonds is 6. The molecule has 4 heteroatoms. The van der Waals surface area contributed by atoms with E-state index in [1.54, 1.807) is 0 Å². The quantitative estimate of drug-likeness (QED) is 0.400. The summed E-state index contributed by atoms with van der Waals surface area (Å²) < 4.78 is 20.8. The molecule has 1 saturated heterocycles. The van der Waals surface area contributed by atoms with Crippen molar-refractivity contribution in [2.45, 2.75) is 50.4 Å². The van der Waals surface area contributed by atoms with Gasteiger partial charge in [-0.3, -0.25) is 0 Å². The number of hydrogen-bond donors (Lipinski definition) is 0. The molecule has 3 nitrogen and oxygen atoms in total. The fraction of sp³-hybridized carbons (Fsp3) is 0.310. The Morgan fingerprint density at radius 1 is 0.879 bits per heavy atom. The van der Waals surface area contributed by atoms with E-state index in [-0.39, 0.29) is 24.2 Å². The summed E-state index contributed by atoms with van der Waals surface area (Å²) in [5.41, 5.74) is 1.17. The first-order chi connectivity index (χ1) is 16.0. The van der Waals surface area contributed by atoms with Crippen molar-refractivity contribution in [3.8, 4) is 0 Å². The Morgan fingerprint density at radius 2 is 1.42 bits per heavy atom. The molecule has 1 aliphatic carbocycles. The molecule has 0 aromatic heterocycles. The van der Waals surface area contributed by atoms with E-state index in [1.807, 2.05) is 24.3 Å². The molecule has 0 spiro atoms. The maximum atomic E-state index is 7.33. The van der Waals surface area contributed by atoms with Gasteiger partial charge in [0.05, 0.1) is 24.0 Å². The predicted octanol–water partition coefficient (Wildman–Crippen LogP) is 4.64. The summed E-state index contributed by atoms with van der Waals surface area (Å²) in [7, 11) is -2.75. The smallest absolute Gasteiger partial charge is 0.287 e. The third-order valence-corrected chi connectivity index (χ3v) is 11.9. The van der Waals surface area contributed by atoms with E-state index in [0.29, 0.717) is 6.61 Å². The first-order valence-corrected chi connectivity index (χ1v) is 13.7. The average molecular weight is 457 g/mol. The highest BCUT2D eigenvalue weighted by Gasteiger charge is 2.63. The van der Waals surface area contributed by atoms with Crippen LogP contribution in [0.3, 0.4) is 0 Å². The summed E-state index contributed by atoms with van der Waals surface area (Å²) in [6.45, 7) is 9.11. The van der Waals surface area contributed by atoms with E-state index in [0.717, 1.165) is 6.42 Å². The topological polar surface area (TPSA) is 27.7 Å². The highest BCUT2D eigenvalue weighted by molar-refractivity contribution is 6.99. The minimum absolute atomic E-state index is 0.0315. The lowest BCUT2D eigenvalue weighted by Crippen LogP contribution is -2.79. The van der Waals surface area contributed by atoms with Gasteiger partial charge in [-0.2, -0.15) is 0 Å². The molecule has 3 aromatic rings. The van der Waals surface area contributed by atoms with Crippen LogP contribution in [0.2, 0.25) is 0 Å². The van der Waals surface area contributed by atoms with Crippen molar-refractivity contribution >= 4 is 18.7 Å². The van der Waals surface area contributed by atoms with Crippen LogP contribution in [0.1, 0.15) is 25.8 Å². The van der Waals surface area contributed by atoms with Crippen molar-refractivity contribution in [1.82, 2.24) is 0 Å². The average Bonchev–Trinajstić information content (AvgIpc) is 3.18. The summed E-state index contributed by atoms with van der Waals surface area (Å²) in [6.07, 6.45) is 2.65. The number of ether oxygens (including phenoxy) is 2. The van der Waals surface area contributed by atoms with Gasteiger partial charge in [-0.05, 0) is 36.2 Å². The zero-order chi connectivity index (χ0) is 22.9. The van der Waals surface area contributed by atoms with Crippen LogP contribution in [-0.4, -0.2) is 31.9 Å². The molecule has 2 aliphatic rings. The minimum Gasteiger partial charge on any atom is -0.399 e. The monoisotopic (exact) mass is 456 g/mol. The van der Waals surface area contributed by atoms with Crippen LogP contribution in [0.5, 0.6) is 0 Å². The molecule has 4 atom stereocenters. The lowest BCUT2D eigenvalue weighted by Gasteiger charge is -2.53. The maximum absolute atomic E-state index is 7.33. The van der Waals surface area contributed by atoms with Crippen molar-refractivity contribution in [3.63, 3.8) is 0 Å². The molecule has 1 heterocycles. The SMILES string of the molecule is C=C[C@H]1C[C@H](OCc2ccccc2)[C@@H]2OC(C)(C)[Si](c3ccccc3)(c3ccccc3)O[C@@H]21. The Morgan fingerprint density at radius 3 is 1.97 bits per heavy atom. The Labute approximate surface area is 198 Å². The van der Waals surface area contributed by atoms with Crippen molar-refractivity contribution in [2.75, 3.05) is 0 Å². The van der Waals surface area contributed by atoms with Crippen molar-refractivity contribution in [2.24, 2.45) is 5.92 Å². The Bertz CT molecular complexity index is 1030. The lowest BCUT2D eigenvalue weighted by atomic mass is 10.1. The molecule has 0 unspecified atom stereocenters. The van der Waals surface area contributed by atoms with Gasteiger partial charge >= 0.3 is 0 Å². The Kier molecular flexibility index (Phi) is 6.10. The molecular weight excluding hydrogens is 424 g/mol. The van der Waals surface area contributed by atoms with Crippen molar-refractivity contribution < 1.29 is 13.9 Å². The molecule has 1 aliphatic heterocycles. The van der Waals surface area contributed by atoms with Gasteiger partial charge in [0, 0.05) is 5.92 Å². The fourth-order valence-corrected chi connectivity index (χ4v) is 10.2. The molecule has 170 valence electrons. The van der Waals surface area contributed by atoms with Crippen molar-refractivity contribution in [1.29, 1.82) is 0 Å². The van der Waals surface area contributed by atoms with Crippen LogP contribution in [0, 0.1) is 5.92 Å². The summed E-state index contributed by atoms with van der Waals surface area (Å²) in [5.74, 6) is 0.186. The van der Waals surface area contributed by atoms with Crippen LogP contribution >= 0.6 is 0 Å². The molecule has 0 radical (unpaired) electrons. The van der Waals surface area contributed by atoms with Gasteiger partial charge in [0.25, 0.3) is 8.32 Å². The number of hydrogen-bond acceptors (Lipinski definition) is 3. The molecule has 0 amide bonds. The Hall–Kier alpha value is -2.50. The van der Waals surface area contributed by atoms with E-state index in [1.165, 1.54) is 15.9 Å². The second-order valence-electron chi connectivity index (χ2n) is 9.56. The molecular formula is C29H32O3Si. The van der Waals surface area contributed by atoms with Crippen LogP contribution in [0.25, 0.3) is 0 Å². The highest BCUT2D eigenvalue weighted by Crippen LogP contribution is 2.44. The normalized spacial score (nSPS) is 27.6. The van der Waals surface area contributed by atoms with Gasteiger partial charge in [0.2, 0.25) is 0 Å². The van der Waals surface area contributed by atoms with Crippen LogP contribution in [0.4, 0.5) is 0 Å². The second kappa shape index (κ2) is 9.03. The van der Waals surface area contributed by atoms with Crippen LogP contribution in [-0.2, 0) is 20.5 Å². The molecule has 2 fully saturated rings. The molecule has 0 bridgehead atoms. The van der Waals surface area contributed by atoms with E-state index in [4.69, 9.17) is 13.9 Å². The third-order valence-electron chi connectivity index (χ3n) is 7.18. The van der Waals surface area contributed by atoms with Gasteiger partial charge in [-0.15, -0.1) is 6.58 Å². The van der Waals surface area contributed by atoms with E-state index in [2.05, 4.69) is 93.2 Å². The molecule has 0 N–H and O–H groups in total. The van der Waals surface area contributed by atoms with Gasteiger partial charge < -0.3 is 13.9 Å². The zero-order valence-corrected chi connectivity index (χ0v) is 20.4. The van der Waals surface area contributed by atoms with Gasteiger partial charge in [0.15, 0.2) is 0 Å². The number of benzene rings is 3. The van der Waals surface area contributed by atoms with Gasteiger partial charge in [0.1, 0.15) is 6.10 Å². The van der Waals surface area contributed by atoms with Gasteiger partial charge in [-0.1, -0.05) is 97.1 Å². The standard InChI is InChI=1S/C29H32O3Si/c1-4-23-20-26(30-21-22-14-8-5-9-15-22)28-27(23)32-33(29(2,3)31-28,24-16-10-6-11-17-24)25-18-12-7-13-19-25/h4-19,23,26-28H,1,20-21H2,2-3H3/t23-,26-,27+,28-/m0/s1. The molecule has 33 heavy (non-hydrogen) atoms. The van der Waals surface area contributed by atoms with E-state index < -0.39 is 13.5 Å². The van der Waals surface area contributed by atoms with Crippen LogP contribution < -0.4 is 10.4 Å². The van der Waals surface area contributed by atoms with Crippen LogP contribution in [0.15, 0.2) is 104 Å². The molecule has 3 aromatic carbocycles.